The molecule has 0 fully saturated rings. The number of rotatable bonds is 6. The Balaban J connectivity index is 1.91. The smallest absolute Gasteiger partial charge is 0.293 e. The molecule has 0 radical (unpaired) electrons. The van der Waals surface area contributed by atoms with Crippen LogP contribution in [0, 0.1) is 0 Å². The van der Waals surface area contributed by atoms with Gasteiger partial charge < -0.3 is 14.7 Å². The zero-order valence-corrected chi connectivity index (χ0v) is 10.4. The van der Waals surface area contributed by atoms with Gasteiger partial charge in [0.2, 0.25) is 0 Å². The van der Waals surface area contributed by atoms with Crippen molar-refractivity contribution in [1.29, 1.82) is 0 Å². The lowest BCUT2D eigenvalue weighted by atomic mass is 10.3. The average molecular weight is 253 g/mol. The molecule has 1 unspecified atom stereocenters. The summed E-state index contributed by atoms with van der Waals surface area (Å²) in [7, 11) is 0. The summed E-state index contributed by atoms with van der Waals surface area (Å²) >= 11 is 1.77. The van der Waals surface area contributed by atoms with Gasteiger partial charge in [0.15, 0.2) is 11.6 Å². The first-order chi connectivity index (χ1) is 8.29. The fourth-order valence-electron chi connectivity index (χ4n) is 1.35. The summed E-state index contributed by atoms with van der Waals surface area (Å²) in [6.45, 7) is 2.85. The van der Waals surface area contributed by atoms with E-state index in [4.69, 9.17) is 14.7 Å². The maximum Gasteiger partial charge on any atom is 0.293 e. The van der Waals surface area contributed by atoms with Gasteiger partial charge in [0, 0.05) is 5.25 Å². The molecule has 0 saturated heterocycles. The third-order valence-corrected chi connectivity index (χ3v) is 3.50. The number of furan rings is 1. The molecule has 0 aromatic carbocycles. The topological polar surface area (TPSA) is 78.1 Å². The third-order valence-electron chi connectivity index (χ3n) is 2.27. The van der Waals surface area contributed by atoms with Crippen molar-refractivity contribution in [2.45, 2.75) is 24.3 Å². The van der Waals surface area contributed by atoms with E-state index >= 15 is 0 Å². The van der Waals surface area contributed by atoms with Crippen LogP contribution in [-0.4, -0.2) is 21.9 Å². The van der Waals surface area contributed by atoms with Crippen LogP contribution in [0.2, 0.25) is 0 Å². The molecule has 6 heteroatoms. The molecule has 2 heterocycles. The molecule has 0 spiro atoms. The van der Waals surface area contributed by atoms with E-state index in [0.717, 1.165) is 12.2 Å². The highest BCUT2D eigenvalue weighted by atomic mass is 32.2. The molecule has 0 aliphatic carbocycles. The number of nitrogens with zero attached hydrogens (tertiary/aromatic N) is 2. The number of hydrogen-bond donors (Lipinski definition) is 1. The SMILES string of the molecule is CC(CCN)SCc1noc(-c2ccco2)n1. The number of aromatic nitrogens is 2. The van der Waals surface area contributed by atoms with E-state index in [1.54, 1.807) is 30.2 Å². The largest absolute Gasteiger partial charge is 0.459 e. The maximum absolute atomic E-state index is 5.49. The second-order valence-electron chi connectivity index (χ2n) is 3.69. The molecule has 0 amide bonds. The van der Waals surface area contributed by atoms with Gasteiger partial charge in [-0.25, -0.2) is 0 Å². The highest BCUT2D eigenvalue weighted by Crippen LogP contribution is 2.21. The van der Waals surface area contributed by atoms with E-state index in [1.807, 2.05) is 0 Å². The predicted molar refractivity (Wildman–Crippen MR) is 66.4 cm³/mol. The molecule has 1 atom stereocenters. The molecule has 0 saturated carbocycles. The lowest BCUT2D eigenvalue weighted by molar-refractivity contribution is 0.411. The number of hydrogen-bond acceptors (Lipinski definition) is 6. The molecule has 17 heavy (non-hydrogen) atoms. The van der Waals surface area contributed by atoms with E-state index < -0.39 is 0 Å². The van der Waals surface area contributed by atoms with Crippen LogP contribution >= 0.6 is 11.8 Å². The number of nitrogens with two attached hydrogens (primary N) is 1. The zero-order valence-electron chi connectivity index (χ0n) is 9.63. The second kappa shape index (κ2) is 5.88. The van der Waals surface area contributed by atoms with Gasteiger partial charge in [-0.1, -0.05) is 12.1 Å². The van der Waals surface area contributed by atoms with E-state index in [9.17, 15) is 0 Å². The molecular weight excluding hydrogens is 238 g/mol. The van der Waals surface area contributed by atoms with Crippen LogP contribution < -0.4 is 5.73 Å². The number of thioether (sulfide) groups is 1. The standard InChI is InChI=1S/C11H15N3O2S/c1-8(4-5-12)17-7-10-13-11(16-14-10)9-3-2-6-15-9/h2-3,6,8H,4-5,7,12H2,1H3. The van der Waals surface area contributed by atoms with Crippen molar-refractivity contribution >= 4 is 11.8 Å². The molecule has 2 N–H and O–H groups in total. The molecule has 0 aliphatic heterocycles. The maximum atomic E-state index is 5.49. The van der Waals surface area contributed by atoms with E-state index in [0.29, 0.717) is 29.3 Å². The van der Waals surface area contributed by atoms with Crippen molar-refractivity contribution < 1.29 is 8.94 Å². The van der Waals surface area contributed by atoms with Crippen LogP contribution in [0.4, 0.5) is 0 Å². The van der Waals surface area contributed by atoms with Crippen molar-refractivity contribution in [3.05, 3.63) is 24.2 Å². The van der Waals surface area contributed by atoms with Crippen molar-refractivity contribution in [1.82, 2.24) is 10.1 Å². The summed E-state index contributed by atoms with van der Waals surface area (Å²) in [4.78, 5) is 4.26. The van der Waals surface area contributed by atoms with Crippen LogP contribution in [-0.2, 0) is 5.75 Å². The minimum atomic E-state index is 0.428. The normalized spacial score (nSPS) is 12.8. The van der Waals surface area contributed by atoms with Gasteiger partial charge in [0.05, 0.1) is 12.0 Å². The van der Waals surface area contributed by atoms with Crippen LogP contribution in [0.1, 0.15) is 19.2 Å². The zero-order chi connectivity index (χ0) is 12.1. The third kappa shape index (κ3) is 3.34. The van der Waals surface area contributed by atoms with Gasteiger partial charge in [-0.3, -0.25) is 0 Å². The van der Waals surface area contributed by atoms with Gasteiger partial charge in [-0.05, 0) is 25.1 Å². The second-order valence-corrected chi connectivity index (χ2v) is 5.12. The van der Waals surface area contributed by atoms with E-state index in [2.05, 4.69) is 17.1 Å². The fourth-order valence-corrected chi connectivity index (χ4v) is 2.20. The minimum absolute atomic E-state index is 0.428. The van der Waals surface area contributed by atoms with Crippen molar-refractivity contribution in [3.8, 4) is 11.7 Å². The molecule has 5 nitrogen and oxygen atoms in total. The average Bonchev–Trinajstić information content (AvgIpc) is 2.97. The summed E-state index contributed by atoms with van der Waals surface area (Å²) in [5.41, 5.74) is 5.49. The van der Waals surface area contributed by atoms with Gasteiger partial charge in [-0.15, -0.1) is 0 Å². The minimum Gasteiger partial charge on any atom is -0.459 e. The Morgan fingerprint density at radius 3 is 3.12 bits per heavy atom. The molecule has 2 aromatic heterocycles. The first kappa shape index (κ1) is 12.2. The summed E-state index contributed by atoms with van der Waals surface area (Å²) in [6, 6.07) is 3.58. The lowest BCUT2D eigenvalue weighted by Crippen LogP contribution is -2.07. The highest BCUT2D eigenvalue weighted by Gasteiger charge is 2.12. The van der Waals surface area contributed by atoms with Gasteiger partial charge in [0.1, 0.15) is 0 Å². The highest BCUT2D eigenvalue weighted by molar-refractivity contribution is 7.99. The predicted octanol–water partition coefficient (Wildman–Crippen LogP) is 2.30. The molecule has 2 aromatic rings. The van der Waals surface area contributed by atoms with E-state index in [1.165, 1.54) is 0 Å². The van der Waals surface area contributed by atoms with Crippen LogP contribution in [0.3, 0.4) is 0 Å². The van der Waals surface area contributed by atoms with Crippen LogP contribution in [0.5, 0.6) is 0 Å². The lowest BCUT2D eigenvalue weighted by Gasteiger charge is -2.06. The first-order valence-electron chi connectivity index (χ1n) is 5.47. The molecule has 0 aliphatic rings. The first-order valence-corrected chi connectivity index (χ1v) is 6.52. The van der Waals surface area contributed by atoms with Crippen molar-refractivity contribution in [3.63, 3.8) is 0 Å². The molecular formula is C11H15N3O2S. The summed E-state index contributed by atoms with van der Waals surface area (Å²) in [5, 5.41) is 4.41. The van der Waals surface area contributed by atoms with Gasteiger partial charge in [-0.2, -0.15) is 16.7 Å². The summed E-state index contributed by atoms with van der Waals surface area (Å²) < 4.78 is 10.3. The Morgan fingerprint density at radius 2 is 2.41 bits per heavy atom. The van der Waals surface area contributed by atoms with Crippen molar-refractivity contribution in [2.24, 2.45) is 5.73 Å². The fraction of sp³-hybridized carbons (Fsp3) is 0.455. The Labute approximate surface area is 104 Å². The Bertz CT molecular complexity index is 441. The molecule has 0 bridgehead atoms. The van der Waals surface area contributed by atoms with E-state index in [-0.39, 0.29) is 0 Å². The quantitative estimate of drug-likeness (QED) is 0.851. The van der Waals surface area contributed by atoms with Crippen LogP contribution in [0.25, 0.3) is 11.7 Å². The molecule has 2 rings (SSSR count). The van der Waals surface area contributed by atoms with Gasteiger partial charge in [0.25, 0.3) is 5.89 Å². The summed E-state index contributed by atoms with van der Waals surface area (Å²) in [6.07, 6.45) is 2.57. The monoisotopic (exact) mass is 253 g/mol. The van der Waals surface area contributed by atoms with Crippen molar-refractivity contribution in [2.75, 3.05) is 6.54 Å². The Morgan fingerprint density at radius 1 is 1.53 bits per heavy atom. The Hall–Kier alpha value is -1.27. The van der Waals surface area contributed by atoms with Gasteiger partial charge >= 0.3 is 0 Å². The van der Waals surface area contributed by atoms with Crippen LogP contribution in [0.15, 0.2) is 27.3 Å². The molecule has 92 valence electrons. The summed E-state index contributed by atoms with van der Waals surface area (Å²) in [5.74, 6) is 2.44. The Kier molecular flexibility index (Phi) is 4.22.